The zero-order valence-electron chi connectivity index (χ0n) is 20.8. The minimum atomic E-state index is -0.575. The van der Waals surface area contributed by atoms with Crippen LogP contribution >= 0.6 is 11.8 Å². The Morgan fingerprint density at radius 2 is 2.05 bits per heavy atom. The third kappa shape index (κ3) is 5.29. The van der Waals surface area contributed by atoms with E-state index >= 15 is 0 Å². The number of likely N-dealkylation sites (tertiary alicyclic amines) is 1. The lowest BCUT2D eigenvalue weighted by atomic mass is 10.1. The van der Waals surface area contributed by atoms with Crippen molar-refractivity contribution in [3.8, 4) is 17.2 Å². The van der Waals surface area contributed by atoms with Gasteiger partial charge in [0.1, 0.15) is 11.7 Å². The van der Waals surface area contributed by atoms with Crippen molar-refractivity contribution in [1.82, 2.24) is 29.3 Å². The number of nitriles is 1. The Morgan fingerprint density at radius 3 is 2.81 bits per heavy atom. The van der Waals surface area contributed by atoms with Crippen molar-refractivity contribution in [3.63, 3.8) is 0 Å². The molecule has 0 N–H and O–H groups in total. The molecule has 0 spiro atoms. The highest BCUT2D eigenvalue weighted by molar-refractivity contribution is 7.99. The van der Waals surface area contributed by atoms with Crippen molar-refractivity contribution in [1.29, 1.82) is 5.26 Å². The predicted molar refractivity (Wildman–Crippen MR) is 136 cm³/mol. The van der Waals surface area contributed by atoms with Gasteiger partial charge in [-0.15, -0.1) is 0 Å². The summed E-state index contributed by atoms with van der Waals surface area (Å²) in [5.41, 5.74) is 2.12. The van der Waals surface area contributed by atoms with Gasteiger partial charge in [-0.25, -0.2) is 14.3 Å². The molecule has 1 atom stereocenters. The summed E-state index contributed by atoms with van der Waals surface area (Å²) in [7, 11) is 0. The zero-order valence-corrected chi connectivity index (χ0v) is 21.6. The van der Waals surface area contributed by atoms with Gasteiger partial charge in [-0.1, -0.05) is 11.8 Å². The third-order valence-electron chi connectivity index (χ3n) is 6.00. The molecule has 4 aromatic heterocycles. The number of piperidine rings is 1. The van der Waals surface area contributed by atoms with Crippen molar-refractivity contribution in [3.05, 3.63) is 60.7 Å². The van der Waals surface area contributed by atoms with Gasteiger partial charge in [0.2, 0.25) is 5.95 Å². The molecule has 1 aliphatic heterocycles. The largest absolute Gasteiger partial charge is 0.444 e. The van der Waals surface area contributed by atoms with E-state index in [4.69, 9.17) is 4.74 Å². The van der Waals surface area contributed by atoms with Crippen LogP contribution in [0.3, 0.4) is 0 Å². The fourth-order valence-corrected chi connectivity index (χ4v) is 5.32. The van der Waals surface area contributed by atoms with Crippen molar-refractivity contribution in [2.45, 2.75) is 55.0 Å². The van der Waals surface area contributed by atoms with Gasteiger partial charge in [0.05, 0.1) is 34.4 Å². The van der Waals surface area contributed by atoms with E-state index in [1.807, 2.05) is 43.9 Å². The molecule has 1 amide bonds. The molecule has 1 unspecified atom stereocenters. The van der Waals surface area contributed by atoms with Gasteiger partial charge in [-0.05, 0) is 51.8 Å². The monoisotopic (exact) mass is 519 g/mol. The van der Waals surface area contributed by atoms with Crippen molar-refractivity contribution >= 4 is 23.4 Å². The smallest absolute Gasteiger partial charge is 0.410 e. The fraction of sp³-hybridized carbons (Fsp3) is 0.346. The number of pyridine rings is 2. The standard InChI is InChI=1S/C26H26FN7O2S/c1-26(2,3)36-25(35)32-9-5-6-20(16-32)33-15-19(13-30-33)17-10-22(37-21-7-4-8-29-24(21)27)23-18(11-28)12-31-34(23)14-17/h4,7-8,10,12-15,20H,5-6,9,16H2,1-3H3. The maximum atomic E-state index is 14.3. The first-order chi connectivity index (χ1) is 17.7. The molecule has 1 saturated heterocycles. The molecule has 5 heterocycles. The summed E-state index contributed by atoms with van der Waals surface area (Å²) < 4.78 is 23.4. The van der Waals surface area contributed by atoms with Crippen LogP contribution in [0, 0.1) is 17.3 Å². The van der Waals surface area contributed by atoms with E-state index in [-0.39, 0.29) is 12.1 Å². The van der Waals surface area contributed by atoms with E-state index in [1.165, 1.54) is 24.2 Å². The third-order valence-corrected chi connectivity index (χ3v) is 7.05. The topological polar surface area (TPSA) is 101 Å². The fourth-order valence-electron chi connectivity index (χ4n) is 4.32. The highest BCUT2D eigenvalue weighted by Gasteiger charge is 2.29. The van der Waals surface area contributed by atoms with Crippen LogP contribution in [0.4, 0.5) is 9.18 Å². The number of fused-ring (bicyclic) bond motifs is 1. The number of halogens is 1. The summed E-state index contributed by atoms with van der Waals surface area (Å²) >= 11 is 1.19. The molecular weight excluding hydrogens is 493 g/mol. The first-order valence-corrected chi connectivity index (χ1v) is 12.8. The number of nitrogens with zero attached hydrogens (tertiary/aromatic N) is 7. The van der Waals surface area contributed by atoms with Crippen LogP contribution in [0.2, 0.25) is 0 Å². The predicted octanol–water partition coefficient (Wildman–Crippen LogP) is 5.33. The first kappa shape index (κ1) is 24.8. The number of hydrogen-bond acceptors (Lipinski definition) is 7. The van der Waals surface area contributed by atoms with Gasteiger partial charge in [0, 0.05) is 47.7 Å². The molecule has 0 bridgehead atoms. The van der Waals surface area contributed by atoms with Crippen LogP contribution < -0.4 is 0 Å². The van der Waals surface area contributed by atoms with E-state index in [1.54, 1.807) is 27.7 Å². The second-order valence-electron chi connectivity index (χ2n) is 9.88. The van der Waals surface area contributed by atoms with E-state index < -0.39 is 11.5 Å². The minimum absolute atomic E-state index is 0.0204. The van der Waals surface area contributed by atoms with Crippen molar-refractivity contribution in [2.24, 2.45) is 0 Å². The summed E-state index contributed by atoms with van der Waals surface area (Å²) in [6.45, 7) is 6.75. The molecule has 1 fully saturated rings. The van der Waals surface area contributed by atoms with Gasteiger partial charge in [0.25, 0.3) is 0 Å². The average molecular weight is 520 g/mol. The Labute approximate surface area is 217 Å². The van der Waals surface area contributed by atoms with Crippen LogP contribution in [-0.2, 0) is 4.74 Å². The second kappa shape index (κ2) is 9.86. The molecular formula is C26H26FN7O2S. The van der Waals surface area contributed by atoms with Gasteiger partial charge >= 0.3 is 6.09 Å². The maximum absolute atomic E-state index is 14.3. The van der Waals surface area contributed by atoms with E-state index in [2.05, 4.69) is 21.3 Å². The van der Waals surface area contributed by atoms with Crippen LogP contribution in [0.25, 0.3) is 16.6 Å². The van der Waals surface area contributed by atoms with Gasteiger partial charge < -0.3 is 9.64 Å². The Balaban J connectivity index is 1.44. The Hall–Kier alpha value is -3.91. The number of carbonyl (C=O) groups is 1. The Morgan fingerprint density at radius 1 is 1.22 bits per heavy atom. The van der Waals surface area contributed by atoms with Crippen molar-refractivity contribution in [2.75, 3.05) is 13.1 Å². The van der Waals surface area contributed by atoms with Gasteiger partial charge in [-0.2, -0.15) is 19.8 Å². The second-order valence-corrected chi connectivity index (χ2v) is 11.0. The van der Waals surface area contributed by atoms with E-state index in [0.29, 0.717) is 34.0 Å². The summed E-state index contributed by atoms with van der Waals surface area (Å²) in [5.74, 6) is -0.575. The summed E-state index contributed by atoms with van der Waals surface area (Å²) in [4.78, 5) is 19.1. The molecule has 0 aromatic carbocycles. The van der Waals surface area contributed by atoms with Crippen LogP contribution in [-0.4, -0.2) is 54.1 Å². The number of aromatic nitrogens is 5. The normalized spacial score (nSPS) is 16.1. The van der Waals surface area contributed by atoms with E-state index in [9.17, 15) is 14.4 Å². The highest BCUT2D eigenvalue weighted by atomic mass is 32.2. The molecule has 4 aromatic rings. The number of ether oxygens (including phenoxy) is 1. The summed E-state index contributed by atoms with van der Waals surface area (Å²) in [6.07, 6.45) is 9.87. The first-order valence-electron chi connectivity index (χ1n) is 11.9. The Kier molecular flexibility index (Phi) is 6.60. The lowest BCUT2D eigenvalue weighted by Gasteiger charge is -2.34. The summed E-state index contributed by atoms with van der Waals surface area (Å²) in [5, 5.41) is 18.5. The molecule has 11 heteroatoms. The molecule has 1 aliphatic rings. The van der Waals surface area contributed by atoms with Crippen molar-refractivity contribution < 1.29 is 13.9 Å². The molecule has 190 valence electrons. The molecule has 0 aliphatic carbocycles. The number of carbonyl (C=O) groups excluding carboxylic acids is 1. The number of hydrogen-bond donors (Lipinski definition) is 0. The number of rotatable bonds is 4. The SMILES string of the molecule is CC(C)(C)OC(=O)N1CCCC(n2cc(-c3cc(Sc4cccnc4F)c4c(C#N)cnn4c3)cn2)C1. The minimum Gasteiger partial charge on any atom is -0.444 e. The van der Waals surface area contributed by atoms with Crippen LogP contribution in [0.15, 0.2) is 59.0 Å². The molecule has 37 heavy (non-hydrogen) atoms. The number of amides is 1. The lowest BCUT2D eigenvalue weighted by molar-refractivity contribution is 0.0167. The van der Waals surface area contributed by atoms with E-state index in [0.717, 1.165) is 24.0 Å². The van der Waals surface area contributed by atoms with Crippen LogP contribution in [0.1, 0.15) is 45.2 Å². The molecule has 0 saturated carbocycles. The lowest BCUT2D eigenvalue weighted by Crippen LogP contribution is -2.43. The molecule has 5 rings (SSSR count). The average Bonchev–Trinajstić information content (AvgIpc) is 3.52. The molecule has 9 nitrogen and oxygen atoms in total. The maximum Gasteiger partial charge on any atom is 0.410 e. The summed E-state index contributed by atoms with van der Waals surface area (Å²) in [6, 6.07) is 7.41. The van der Waals surface area contributed by atoms with Crippen LogP contribution in [0.5, 0.6) is 0 Å². The quantitative estimate of drug-likeness (QED) is 0.336. The van der Waals surface area contributed by atoms with Gasteiger partial charge in [-0.3, -0.25) is 4.68 Å². The zero-order chi connectivity index (χ0) is 26.2. The Bertz CT molecular complexity index is 1500. The highest BCUT2D eigenvalue weighted by Crippen LogP contribution is 2.36. The van der Waals surface area contributed by atoms with Gasteiger partial charge in [0.15, 0.2) is 0 Å². The molecule has 0 radical (unpaired) electrons.